The van der Waals surface area contributed by atoms with Crippen LogP contribution in [0.4, 0.5) is 0 Å². The molecule has 2 heteroatoms. The molecule has 1 heterocycles. The lowest BCUT2D eigenvalue weighted by molar-refractivity contribution is 0.188. The number of nitrogens with one attached hydrogen (secondary N) is 1. The molecule has 2 unspecified atom stereocenters. The zero-order chi connectivity index (χ0) is 14.9. The first kappa shape index (κ1) is 14.9. The van der Waals surface area contributed by atoms with Crippen LogP contribution < -0.4 is 10.1 Å². The Hall–Kier alpha value is -1.02. The van der Waals surface area contributed by atoms with E-state index in [1.165, 1.54) is 36.8 Å². The third-order valence-corrected chi connectivity index (χ3v) is 5.17. The van der Waals surface area contributed by atoms with E-state index in [9.17, 15) is 0 Å². The van der Waals surface area contributed by atoms with Crippen molar-refractivity contribution in [1.29, 1.82) is 0 Å². The van der Waals surface area contributed by atoms with Crippen molar-refractivity contribution in [3.8, 4) is 5.75 Å². The van der Waals surface area contributed by atoms with E-state index in [0.717, 1.165) is 25.2 Å². The van der Waals surface area contributed by atoms with Gasteiger partial charge < -0.3 is 10.1 Å². The number of ether oxygens (including phenoxy) is 1. The summed E-state index contributed by atoms with van der Waals surface area (Å²) >= 11 is 0. The number of rotatable bonds is 4. The summed E-state index contributed by atoms with van der Waals surface area (Å²) < 4.78 is 5.62. The van der Waals surface area contributed by atoms with Gasteiger partial charge in [0.15, 0.2) is 0 Å². The Morgan fingerprint density at radius 2 is 2.24 bits per heavy atom. The average molecular weight is 287 g/mol. The molecular weight excluding hydrogens is 258 g/mol. The van der Waals surface area contributed by atoms with Gasteiger partial charge in [0.05, 0.1) is 6.61 Å². The highest BCUT2D eigenvalue weighted by atomic mass is 16.5. The molecule has 0 radical (unpaired) electrons. The van der Waals surface area contributed by atoms with E-state index in [2.05, 4.69) is 44.3 Å². The molecule has 1 aromatic carbocycles. The zero-order valence-corrected chi connectivity index (χ0v) is 13.7. The lowest BCUT2D eigenvalue weighted by Gasteiger charge is -2.37. The van der Waals surface area contributed by atoms with Gasteiger partial charge in [0, 0.05) is 18.5 Å². The van der Waals surface area contributed by atoms with Gasteiger partial charge in [0.1, 0.15) is 5.75 Å². The van der Waals surface area contributed by atoms with Crippen molar-refractivity contribution in [3.63, 3.8) is 0 Å². The first-order chi connectivity index (χ1) is 10.1. The predicted octanol–water partition coefficient (Wildman–Crippen LogP) is 4.63. The van der Waals surface area contributed by atoms with Gasteiger partial charge in [-0.05, 0) is 48.3 Å². The Morgan fingerprint density at radius 3 is 3.00 bits per heavy atom. The maximum atomic E-state index is 5.62. The Kier molecular flexibility index (Phi) is 4.26. The fourth-order valence-electron chi connectivity index (χ4n) is 4.00. The Labute approximate surface area is 129 Å². The molecule has 2 atom stereocenters. The van der Waals surface area contributed by atoms with Gasteiger partial charge in [-0.2, -0.15) is 0 Å². The van der Waals surface area contributed by atoms with Crippen LogP contribution in [0.1, 0.15) is 70.0 Å². The SMILES string of the molecule is CCC(NC1CCCC(C)(C)C1)c1ccc2c(c1)CCO2. The highest BCUT2D eigenvalue weighted by Crippen LogP contribution is 2.36. The van der Waals surface area contributed by atoms with Crippen LogP contribution in [0, 0.1) is 5.41 Å². The van der Waals surface area contributed by atoms with Crippen LogP contribution in [-0.2, 0) is 6.42 Å². The third kappa shape index (κ3) is 3.42. The minimum atomic E-state index is 0.481. The summed E-state index contributed by atoms with van der Waals surface area (Å²) in [4.78, 5) is 0. The third-order valence-electron chi connectivity index (χ3n) is 5.17. The monoisotopic (exact) mass is 287 g/mol. The molecular formula is C19H29NO. The van der Waals surface area contributed by atoms with Crippen molar-refractivity contribution in [2.75, 3.05) is 6.61 Å². The van der Waals surface area contributed by atoms with E-state index in [4.69, 9.17) is 4.74 Å². The Balaban J connectivity index is 1.70. The fourth-order valence-corrected chi connectivity index (χ4v) is 4.00. The minimum Gasteiger partial charge on any atom is -0.493 e. The van der Waals surface area contributed by atoms with Crippen LogP contribution in [0.5, 0.6) is 5.75 Å². The van der Waals surface area contributed by atoms with E-state index in [1.54, 1.807) is 0 Å². The summed E-state index contributed by atoms with van der Waals surface area (Å²) in [5, 5.41) is 3.93. The van der Waals surface area contributed by atoms with Crippen LogP contribution in [0.15, 0.2) is 18.2 Å². The van der Waals surface area contributed by atoms with Crippen molar-refractivity contribution in [1.82, 2.24) is 5.32 Å². The highest BCUT2D eigenvalue weighted by molar-refractivity contribution is 5.40. The van der Waals surface area contributed by atoms with Gasteiger partial charge in [-0.15, -0.1) is 0 Å². The number of fused-ring (bicyclic) bond motifs is 1. The average Bonchev–Trinajstić information content (AvgIpc) is 2.91. The second-order valence-corrected chi connectivity index (χ2v) is 7.55. The van der Waals surface area contributed by atoms with E-state index in [1.807, 2.05) is 0 Å². The van der Waals surface area contributed by atoms with Crippen molar-refractivity contribution in [3.05, 3.63) is 29.3 Å². The molecule has 0 spiro atoms. The summed E-state index contributed by atoms with van der Waals surface area (Å²) in [6.45, 7) is 7.96. The van der Waals surface area contributed by atoms with E-state index < -0.39 is 0 Å². The van der Waals surface area contributed by atoms with Crippen molar-refractivity contribution in [2.45, 2.75) is 71.4 Å². The van der Waals surface area contributed by atoms with Crippen LogP contribution >= 0.6 is 0 Å². The number of benzene rings is 1. The summed E-state index contributed by atoms with van der Waals surface area (Å²) in [5.41, 5.74) is 3.32. The van der Waals surface area contributed by atoms with Gasteiger partial charge >= 0.3 is 0 Å². The second kappa shape index (κ2) is 6.00. The molecule has 1 aliphatic heterocycles. The van der Waals surface area contributed by atoms with Crippen LogP contribution in [-0.4, -0.2) is 12.6 Å². The molecule has 1 saturated carbocycles. The normalized spacial score (nSPS) is 25.2. The maximum Gasteiger partial charge on any atom is 0.122 e. The molecule has 21 heavy (non-hydrogen) atoms. The van der Waals surface area contributed by atoms with Crippen LogP contribution in [0.2, 0.25) is 0 Å². The molecule has 1 aromatic rings. The van der Waals surface area contributed by atoms with Crippen molar-refractivity contribution < 1.29 is 4.74 Å². The molecule has 2 nitrogen and oxygen atoms in total. The summed E-state index contributed by atoms with van der Waals surface area (Å²) in [5.74, 6) is 1.09. The van der Waals surface area contributed by atoms with Crippen molar-refractivity contribution >= 4 is 0 Å². The first-order valence-electron chi connectivity index (χ1n) is 8.59. The van der Waals surface area contributed by atoms with Crippen LogP contribution in [0.25, 0.3) is 0 Å². The lowest BCUT2D eigenvalue weighted by Crippen LogP contribution is -2.39. The zero-order valence-electron chi connectivity index (χ0n) is 13.7. The molecule has 1 N–H and O–H groups in total. The molecule has 0 aromatic heterocycles. The number of hydrogen-bond acceptors (Lipinski definition) is 2. The largest absolute Gasteiger partial charge is 0.493 e. The topological polar surface area (TPSA) is 21.3 Å². The maximum absolute atomic E-state index is 5.62. The van der Waals surface area contributed by atoms with E-state index >= 15 is 0 Å². The van der Waals surface area contributed by atoms with Crippen molar-refractivity contribution in [2.24, 2.45) is 5.41 Å². The minimum absolute atomic E-state index is 0.481. The summed E-state index contributed by atoms with van der Waals surface area (Å²) in [6, 6.07) is 7.92. The molecule has 116 valence electrons. The smallest absolute Gasteiger partial charge is 0.122 e. The standard InChI is InChI=1S/C19H29NO/c1-4-17(20-16-6-5-10-19(2,3)13-16)14-7-8-18-15(12-14)9-11-21-18/h7-8,12,16-17,20H,4-6,9-11,13H2,1-3H3. The summed E-state index contributed by atoms with van der Waals surface area (Å²) in [6.07, 6.45) is 7.58. The lowest BCUT2D eigenvalue weighted by atomic mass is 9.75. The number of hydrogen-bond donors (Lipinski definition) is 1. The molecule has 0 saturated heterocycles. The quantitative estimate of drug-likeness (QED) is 0.871. The van der Waals surface area contributed by atoms with Gasteiger partial charge in [-0.25, -0.2) is 0 Å². The van der Waals surface area contributed by atoms with Gasteiger partial charge in [0.2, 0.25) is 0 Å². The first-order valence-corrected chi connectivity index (χ1v) is 8.59. The van der Waals surface area contributed by atoms with Gasteiger partial charge in [0.25, 0.3) is 0 Å². The van der Waals surface area contributed by atoms with E-state index in [0.29, 0.717) is 17.5 Å². The predicted molar refractivity (Wildman–Crippen MR) is 87.8 cm³/mol. The highest BCUT2D eigenvalue weighted by Gasteiger charge is 2.29. The van der Waals surface area contributed by atoms with E-state index in [-0.39, 0.29) is 0 Å². The molecule has 0 amide bonds. The Bertz CT molecular complexity index is 494. The molecule has 1 fully saturated rings. The molecule has 0 bridgehead atoms. The summed E-state index contributed by atoms with van der Waals surface area (Å²) in [7, 11) is 0. The van der Waals surface area contributed by atoms with Crippen LogP contribution in [0.3, 0.4) is 0 Å². The Morgan fingerprint density at radius 1 is 1.38 bits per heavy atom. The van der Waals surface area contributed by atoms with Gasteiger partial charge in [-0.1, -0.05) is 39.3 Å². The molecule has 2 aliphatic rings. The molecule has 3 rings (SSSR count). The molecule has 1 aliphatic carbocycles. The van der Waals surface area contributed by atoms with Gasteiger partial charge in [-0.3, -0.25) is 0 Å². The fraction of sp³-hybridized carbons (Fsp3) is 0.684. The second-order valence-electron chi connectivity index (χ2n) is 7.55.